The number of ether oxygens (including phenoxy) is 4. The first kappa shape index (κ1) is 52.8. The molecular weight excluding hydrogens is 890 g/mol. The highest BCUT2D eigenvalue weighted by molar-refractivity contribution is 6.30. The predicted molar refractivity (Wildman–Crippen MR) is 243 cm³/mol. The smallest absolute Gasteiger partial charge is 0.419 e. The first-order valence-corrected chi connectivity index (χ1v) is 21.7. The summed E-state index contributed by atoms with van der Waals surface area (Å²) in [5.41, 5.74) is 3.41. The number of nitrogens with two attached hydrogens (primary N) is 1. The molecule has 0 aliphatic carbocycles. The molecule has 2 fully saturated rings. The van der Waals surface area contributed by atoms with Crippen molar-refractivity contribution >= 4 is 17.3 Å². The molecule has 2 N–H and O–H groups in total. The number of halogens is 7. The predicted octanol–water partition coefficient (Wildman–Crippen LogP) is 11.2. The van der Waals surface area contributed by atoms with Crippen LogP contribution in [0, 0.1) is 35.5 Å². The Bertz CT molecular complexity index is 2020. The Balaban J connectivity index is 0.000000248. The summed E-state index contributed by atoms with van der Waals surface area (Å²) in [4.78, 5) is 17.7. The standard InChI is InChI=1S/C22H21ClF3NO2.C22H23F3N2O2.C5H11NO2/c1-2-21(29-18-9-7-17(23)8-10-18)11-13-27(14-12-21)15-16-28-20-6-4-3-5-19(20)22(24,25)26;1-2-21(29-18-9-7-17(26)8-10-18)11-13-27(14-12-21)15-16-28-20-6-4-3-5-19(20)22(23,24)25;1-5(2)3-4-8-6-7/h1,3-10H,11-16H2;1,3-10H,11-16,26H2;5H,3-4H2,1-2H3. The lowest BCUT2D eigenvalue weighted by Crippen LogP contribution is -2.48. The lowest BCUT2D eigenvalue weighted by molar-refractivity contribution is -0.139. The Morgan fingerprint density at radius 3 is 1.42 bits per heavy atom. The Morgan fingerprint density at radius 1 is 0.667 bits per heavy atom. The topological polar surface area (TPSA) is 108 Å². The zero-order valence-electron chi connectivity index (χ0n) is 36.9. The zero-order chi connectivity index (χ0) is 48.2. The number of likely N-dealkylation sites (tertiary alicyclic amines) is 2. The van der Waals surface area contributed by atoms with E-state index in [1.165, 1.54) is 36.4 Å². The lowest BCUT2D eigenvalue weighted by atomic mass is 9.92. The molecule has 0 amide bonds. The fraction of sp³-hybridized carbons (Fsp3) is 0.429. The van der Waals surface area contributed by atoms with Crippen LogP contribution in [0.3, 0.4) is 0 Å². The van der Waals surface area contributed by atoms with Crippen LogP contribution in [0.5, 0.6) is 23.0 Å². The summed E-state index contributed by atoms with van der Waals surface area (Å²) in [5, 5.41) is 2.88. The number of alkyl halides is 6. The normalized spacial score (nSPS) is 15.9. The highest BCUT2D eigenvalue weighted by atomic mass is 35.5. The van der Waals surface area contributed by atoms with Crippen molar-refractivity contribution in [1.82, 2.24) is 9.80 Å². The molecule has 0 unspecified atom stereocenters. The average molecular weight is 945 g/mol. The van der Waals surface area contributed by atoms with Gasteiger partial charge in [0.15, 0.2) is 16.5 Å². The van der Waals surface area contributed by atoms with Crippen LogP contribution in [0.15, 0.2) is 102 Å². The number of para-hydroxylation sites is 2. The Hall–Kier alpha value is -5.81. The molecule has 0 spiro atoms. The summed E-state index contributed by atoms with van der Waals surface area (Å²) >= 11 is 5.89. The molecular formula is C49H55ClF6N4O6. The molecule has 4 aromatic carbocycles. The van der Waals surface area contributed by atoms with Crippen molar-refractivity contribution in [3.63, 3.8) is 0 Å². The Morgan fingerprint density at radius 2 is 1.06 bits per heavy atom. The van der Waals surface area contributed by atoms with Gasteiger partial charge in [-0.05, 0) is 85.1 Å². The quantitative estimate of drug-likeness (QED) is 0.0293. The third-order valence-electron chi connectivity index (χ3n) is 10.7. The van der Waals surface area contributed by atoms with E-state index < -0.39 is 34.7 Å². The van der Waals surface area contributed by atoms with Crippen LogP contribution in [0.4, 0.5) is 32.0 Å². The molecule has 10 nitrogen and oxygen atoms in total. The summed E-state index contributed by atoms with van der Waals surface area (Å²) in [6, 6.07) is 24.6. The van der Waals surface area contributed by atoms with Gasteiger partial charge in [-0.25, -0.2) is 0 Å². The highest BCUT2D eigenvalue weighted by Crippen LogP contribution is 2.37. The molecule has 0 bridgehead atoms. The van der Waals surface area contributed by atoms with E-state index in [4.69, 9.17) is 49.1 Å². The molecule has 2 aliphatic heterocycles. The van der Waals surface area contributed by atoms with Gasteiger partial charge in [0.05, 0.1) is 11.1 Å². The van der Waals surface area contributed by atoms with Crippen molar-refractivity contribution in [2.45, 2.75) is 69.5 Å². The van der Waals surface area contributed by atoms with Gasteiger partial charge >= 0.3 is 12.4 Å². The second-order valence-corrected chi connectivity index (χ2v) is 16.4. The maximum absolute atomic E-state index is 13.0. The Kier molecular flexibility index (Phi) is 20.2. The maximum atomic E-state index is 13.0. The second-order valence-electron chi connectivity index (χ2n) is 16.0. The minimum absolute atomic E-state index is 0.151. The van der Waals surface area contributed by atoms with Gasteiger partial charge in [0.1, 0.15) is 42.8 Å². The SMILES string of the molecule is C#CC1(Oc2ccc(Cl)cc2)CCN(CCOc2ccccc2C(F)(F)F)CC1.C#CC1(Oc2ccc(N)cc2)CCN(CCOc2ccccc2C(F)(F)F)CC1.CC(C)CCON=O. The number of anilines is 1. The van der Waals surface area contributed by atoms with E-state index in [0.717, 1.165) is 18.6 Å². The Labute approximate surface area is 387 Å². The van der Waals surface area contributed by atoms with Gasteiger partial charge in [-0.3, -0.25) is 9.80 Å². The van der Waals surface area contributed by atoms with Gasteiger partial charge in [0.2, 0.25) is 0 Å². The number of nitrogens with zero attached hydrogens (tertiary/aromatic N) is 3. The molecule has 0 radical (unpaired) electrons. The fourth-order valence-corrected chi connectivity index (χ4v) is 6.99. The molecule has 17 heteroatoms. The van der Waals surface area contributed by atoms with Crippen LogP contribution in [-0.2, 0) is 17.2 Å². The van der Waals surface area contributed by atoms with Crippen molar-refractivity contribution in [2.75, 3.05) is 64.8 Å². The van der Waals surface area contributed by atoms with Gasteiger partial charge in [-0.1, -0.05) is 61.6 Å². The average Bonchev–Trinajstić information content (AvgIpc) is 3.29. The first-order valence-electron chi connectivity index (χ1n) is 21.3. The number of nitrogen functional groups attached to an aromatic ring is 1. The van der Waals surface area contributed by atoms with Gasteiger partial charge < -0.3 is 29.5 Å². The molecule has 4 aromatic rings. The van der Waals surface area contributed by atoms with Gasteiger partial charge in [0.25, 0.3) is 0 Å². The number of piperidine rings is 2. The highest BCUT2D eigenvalue weighted by Gasteiger charge is 2.38. The van der Waals surface area contributed by atoms with Crippen LogP contribution >= 0.6 is 11.6 Å². The van der Waals surface area contributed by atoms with E-state index in [-0.39, 0.29) is 24.7 Å². The van der Waals surface area contributed by atoms with E-state index in [2.05, 4.69) is 45.7 Å². The number of benzene rings is 4. The molecule has 2 aliphatic rings. The van der Waals surface area contributed by atoms with E-state index in [9.17, 15) is 31.2 Å². The minimum Gasteiger partial charge on any atom is -0.492 e. The lowest BCUT2D eigenvalue weighted by Gasteiger charge is -2.38. The molecule has 66 heavy (non-hydrogen) atoms. The molecule has 0 saturated carbocycles. The van der Waals surface area contributed by atoms with Crippen LogP contribution in [0.1, 0.15) is 57.1 Å². The summed E-state index contributed by atoms with van der Waals surface area (Å²) in [7, 11) is 0. The van der Waals surface area contributed by atoms with E-state index in [1.54, 1.807) is 48.5 Å². The van der Waals surface area contributed by atoms with Crippen molar-refractivity contribution in [2.24, 2.45) is 11.3 Å². The molecule has 2 saturated heterocycles. The number of hydrogen-bond acceptors (Lipinski definition) is 10. The monoisotopic (exact) mass is 944 g/mol. The fourth-order valence-electron chi connectivity index (χ4n) is 6.87. The van der Waals surface area contributed by atoms with Crippen molar-refractivity contribution in [1.29, 1.82) is 0 Å². The third-order valence-corrected chi connectivity index (χ3v) is 11.0. The summed E-state index contributed by atoms with van der Waals surface area (Å²) in [6.45, 7) is 8.59. The first-order chi connectivity index (χ1) is 31.4. The second kappa shape index (κ2) is 25.2. The van der Waals surface area contributed by atoms with Gasteiger partial charge in [-0.2, -0.15) is 26.3 Å². The molecule has 0 aromatic heterocycles. The van der Waals surface area contributed by atoms with Crippen molar-refractivity contribution in [3.8, 4) is 47.7 Å². The van der Waals surface area contributed by atoms with Crippen LogP contribution < -0.4 is 24.7 Å². The van der Waals surface area contributed by atoms with Crippen LogP contribution in [0.2, 0.25) is 5.02 Å². The molecule has 2 heterocycles. The number of terminal acetylenes is 2. The minimum atomic E-state index is -4.44. The van der Waals surface area contributed by atoms with E-state index in [0.29, 0.717) is 99.7 Å². The zero-order valence-corrected chi connectivity index (χ0v) is 37.6. The van der Waals surface area contributed by atoms with E-state index >= 15 is 0 Å². The van der Waals surface area contributed by atoms with Gasteiger partial charge in [0, 0.05) is 75.7 Å². The van der Waals surface area contributed by atoms with Crippen molar-refractivity contribution < 1.29 is 50.1 Å². The molecule has 0 atom stereocenters. The van der Waals surface area contributed by atoms with Gasteiger partial charge in [-0.15, -0.1) is 17.8 Å². The summed E-state index contributed by atoms with van der Waals surface area (Å²) in [5.74, 6) is 7.14. The van der Waals surface area contributed by atoms with Crippen molar-refractivity contribution in [3.05, 3.63) is 118 Å². The summed E-state index contributed by atoms with van der Waals surface area (Å²) in [6.07, 6.45) is 5.98. The van der Waals surface area contributed by atoms with E-state index in [1.807, 2.05) is 0 Å². The maximum Gasteiger partial charge on any atom is 0.419 e. The van der Waals surface area contributed by atoms with Crippen LogP contribution in [-0.4, -0.2) is 80.1 Å². The number of rotatable bonds is 16. The number of hydrogen-bond donors (Lipinski definition) is 1. The molecule has 356 valence electrons. The molecule has 6 rings (SSSR count). The third kappa shape index (κ3) is 17.2. The largest absolute Gasteiger partial charge is 0.492 e. The van der Waals surface area contributed by atoms with Crippen LogP contribution in [0.25, 0.3) is 0 Å². The summed E-state index contributed by atoms with van der Waals surface area (Å²) < 4.78 is 101.